The van der Waals surface area contributed by atoms with E-state index in [4.69, 9.17) is 4.74 Å². The minimum Gasteiger partial charge on any atom is -0.497 e. The van der Waals surface area contributed by atoms with Crippen molar-refractivity contribution in [2.45, 2.75) is 25.6 Å². The second-order valence-corrected chi connectivity index (χ2v) is 6.20. The highest BCUT2D eigenvalue weighted by molar-refractivity contribution is 6.07. The summed E-state index contributed by atoms with van der Waals surface area (Å²) in [6.45, 7) is -1.25. The van der Waals surface area contributed by atoms with E-state index < -0.39 is 24.1 Å². The Hall–Kier alpha value is -3.16. The third-order valence-electron chi connectivity index (χ3n) is 4.43. The van der Waals surface area contributed by atoms with E-state index in [1.807, 2.05) is 0 Å². The summed E-state index contributed by atoms with van der Waals surface area (Å²) in [5.41, 5.74) is -0.0451. The number of ether oxygens (including phenoxy) is 2. The van der Waals surface area contributed by atoms with Crippen LogP contribution in [0.3, 0.4) is 0 Å². The Balaban J connectivity index is 1.79. The zero-order valence-corrected chi connectivity index (χ0v) is 14.7. The van der Waals surface area contributed by atoms with E-state index >= 15 is 0 Å². The first-order valence-corrected chi connectivity index (χ1v) is 8.16. The molecule has 1 atom stereocenters. The molecule has 0 aliphatic carbocycles. The number of methoxy groups -OCH3 is 1. The number of nitrogens with zero attached hydrogens (tertiary/aromatic N) is 1. The highest BCUT2D eigenvalue weighted by Crippen LogP contribution is 2.31. The van der Waals surface area contributed by atoms with E-state index in [0.717, 1.165) is 10.5 Å². The molecule has 0 saturated carbocycles. The molecule has 2 aromatic rings. The summed E-state index contributed by atoms with van der Waals surface area (Å²) in [6, 6.07) is 12.1. The molecule has 1 saturated heterocycles. The Kier molecular flexibility index (Phi) is 4.98. The Bertz CT molecular complexity index is 840. The van der Waals surface area contributed by atoms with Crippen molar-refractivity contribution in [2.24, 2.45) is 0 Å². The van der Waals surface area contributed by atoms with Crippen LogP contribution in [0.25, 0.3) is 0 Å². The smallest absolute Gasteiger partial charge is 0.387 e. The van der Waals surface area contributed by atoms with Crippen molar-refractivity contribution >= 4 is 11.9 Å². The molecule has 3 amide bonds. The maximum atomic E-state index is 12.9. The summed E-state index contributed by atoms with van der Waals surface area (Å²) in [6.07, 6.45) is 0. The van der Waals surface area contributed by atoms with Crippen LogP contribution in [0.2, 0.25) is 0 Å². The molecule has 3 rings (SSSR count). The molecular formula is C19H18F2N2O4. The zero-order valence-electron chi connectivity index (χ0n) is 14.7. The minimum absolute atomic E-state index is 0.0239. The average molecular weight is 376 g/mol. The molecule has 0 radical (unpaired) electrons. The van der Waals surface area contributed by atoms with Gasteiger partial charge in [0.25, 0.3) is 5.91 Å². The minimum atomic E-state index is -2.93. The van der Waals surface area contributed by atoms with Crippen molar-refractivity contribution < 1.29 is 27.8 Å². The van der Waals surface area contributed by atoms with E-state index in [9.17, 15) is 18.4 Å². The number of alkyl halides is 2. The summed E-state index contributed by atoms with van der Waals surface area (Å²) in [5, 5.41) is 2.67. The Morgan fingerprint density at radius 2 is 1.63 bits per heavy atom. The van der Waals surface area contributed by atoms with Gasteiger partial charge in [0.05, 0.1) is 13.7 Å². The third-order valence-corrected chi connectivity index (χ3v) is 4.43. The number of rotatable bonds is 6. The first-order chi connectivity index (χ1) is 12.8. The zero-order chi connectivity index (χ0) is 19.6. The average Bonchev–Trinajstić information content (AvgIpc) is 2.86. The molecule has 1 fully saturated rings. The van der Waals surface area contributed by atoms with Gasteiger partial charge in [-0.3, -0.25) is 9.69 Å². The number of amides is 3. The largest absolute Gasteiger partial charge is 0.497 e. The van der Waals surface area contributed by atoms with Crippen LogP contribution in [0.1, 0.15) is 18.1 Å². The summed E-state index contributed by atoms with van der Waals surface area (Å²) in [5.74, 6) is 0.224. The fourth-order valence-corrected chi connectivity index (χ4v) is 2.92. The van der Waals surface area contributed by atoms with Gasteiger partial charge in [0.2, 0.25) is 0 Å². The van der Waals surface area contributed by atoms with E-state index in [1.54, 1.807) is 38.3 Å². The predicted molar refractivity (Wildman–Crippen MR) is 92.5 cm³/mol. The first-order valence-electron chi connectivity index (χ1n) is 8.16. The Morgan fingerprint density at radius 3 is 2.19 bits per heavy atom. The second-order valence-electron chi connectivity index (χ2n) is 6.20. The van der Waals surface area contributed by atoms with Gasteiger partial charge in [-0.05, 0) is 42.3 Å². The van der Waals surface area contributed by atoms with Gasteiger partial charge >= 0.3 is 12.6 Å². The number of halogens is 2. The van der Waals surface area contributed by atoms with E-state index in [1.165, 1.54) is 24.3 Å². The lowest BCUT2D eigenvalue weighted by Crippen LogP contribution is -2.40. The number of imide groups is 1. The SMILES string of the molecule is COc1ccc(CN2C(=O)N[C@@](C)(c3ccc(OC(F)F)cc3)C2=O)cc1. The fourth-order valence-electron chi connectivity index (χ4n) is 2.92. The van der Waals surface area contributed by atoms with Crippen LogP contribution in [0.4, 0.5) is 13.6 Å². The first kappa shape index (κ1) is 18.6. The standard InChI is InChI=1S/C19H18F2N2O4/c1-19(13-5-9-15(10-6-13)27-17(20)21)16(24)23(18(25)22-19)11-12-3-7-14(26-2)8-4-12/h3-10,17H,11H2,1-2H3,(H,22,25)/t19-/m0/s1. The van der Waals surface area contributed by atoms with Crippen molar-refractivity contribution in [3.8, 4) is 11.5 Å². The van der Waals surface area contributed by atoms with Gasteiger partial charge in [-0.1, -0.05) is 24.3 Å². The Labute approximate surface area is 154 Å². The number of hydrogen-bond acceptors (Lipinski definition) is 4. The van der Waals surface area contributed by atoms with Gasteiger partial charge in [0.15, 0.2) is 0 Å². The maximum absolute atomic E-state index is 12.9. The number of carbonyl (C=O) groups is 2. The van der Waals surface area contributed by atoms with Gasteiger partial charge in [0, 0.05) is 0 Å². The number of urea groups is 1. The molecule has 6 nitrogen and oxygen atoms in total. The molecule has 2 aromatic carbocycles. The van der Waals surface area contributed by atoms with E-state index in [0.29, 0.717) is 11.3 Å². The predicted octanol–water partition coefficient (Wildman–Crippen LogP) is 3.26. The molecule has 0 spiro atoms. The molecule has 1 aliphatic heterocycles. The van der Waals surface area contributed by atoms with Crippen LogP contribution in [0.15, 0.2) is 48.5 Å². The number of carbonyl (C=O) groups excluding carboxylic acids is 2. The van der Waals surface area contributed by atoms with Crippen LogP contribution in [0.5, 0.6) is 11.5 Å². The molecule has 1 heterocycles. The molecule has 8 heteroatoms. The number of benzene rings is 2. The molecule has 142 valence electrons. The molecule has 27 heavy (non-hydrogen) atoms. The maximum Gasteiger partial charge on any atom is 0.387 e. The second kappa shape index (κ2) is 7.22. The fraction of sp³-hybridized carbons (Fsp3) is 0.263. The van der Waals surface area contributed by atoms with Crippen molar-refractivity contribution in [1.29, 1.82) is 0 Å². The topological polar surface area (TPSA) is 67.9 Å². The van der Waals surface area contributed by atoms with Crippen LogP contribution >= 0.6 is 0 Å². The molecule has 0 unspecified atom stereocenters. The van der Waals surface area contributed by atoms with Crippen molar-refractivity contribution in [3.05, 3.63) is 59.7 Å². The van der Waals surface area contributed by atoms with Gasteiger partial charge in [0.1, 0.15) is 17.0 Å². The highest BCUT2D eigenvalue weighted by atomic mass is 19.3. The third kappa shape index (κ3) is 3.69. The van der Waals surface area contributed by atoms with Crippen molar-refractivity contribution in [2.75, 3.05) is 7.11 Å². The van der Waals surface area contributed by atoms with Gasteiger partial charge in [-0.15, -0.1) is 0 Å². The lowest BCUT2D eigenvalue weighted by Gasteiger charge is -2.22. The monoisotopic (exact) mass is 376 g/mol. The van der Waals surface area contributed by atoms with Crippen molar-refractivity contribution in [1.82, 2.24) is 10.2 Å². The lowest BCUT2D eigenvalue weighted by atomic mass is 9.92. The molecule has 1 aliphatic rings. The van der Waals surface area contributed by atoms with Gasteiger partial charge < -0.3 is 14.8 Å². The number of nitrogens with one attached hydrogen (secondary N) is 1. The lowest BCUT2D eigenvalue weighted by molar-refractivity contribution is -0.131. The molecule has 1 N–H and O–H groups in total. The summed E-state index contributed by atoms with van der Waals surface area (Å²) < 4.78 is 33.9. The summed E-state index contributed by atoms with van der Waals surface area (Å²) in [7, 11) is 1.55. The van der Waals surface area contributed by atoms with Crippen LogP contribution in [-0.2, 0) is 16.9 Å². The van der Waals surface area contributed by atoms with Crippen LogP contribution in [-0.4, -0.2) is 30.6 Å². The summed E-state index contributed by atoms with van der Waals surface area (Å²) >= 11 is 0. The molecular weight excluding hydrogens is 358 g/mol. The number of hydrogen-bond donors (Lipinski definition) is 1. The summed E-state index contributed by atoms with van der Waals surface area (Å²) in [4.78, 5) is 26.4. The van der Waals surface area contributed by atoms with Crippen LogP contribution in [0, 0.1) is 0 Å². The van der Waals surface area contributed by atoms with Crippen LogP contribution < -0.4 is 14.8 Å². The van der Waals surface area contributed by atoms with E-state index in [2.05, 4.69) is 10.1 Å². The quantitative estimate of drug-likeness (QED) is 0.786. The molecule has 0 aromatic heterocycles. The van der Waals surface area contributed by atoms with E-state index in [-0.39, 0.29) is 12.3 Å². The van der Waals surface area contributed by atoms with Gasteiger partial charge in [-0.25, -0.2) is 4.79 Å². The highest BCUT2D eigenvalue weighted by Gasteiger charge is 2.48. The molecule has 0 bridgehead atoms. The van der Waals surface area contributed by atoms with Gasteiger partial charge in [-0.2, -0.15) is 8.78 Å². The van der Waals surface area contributed by atoms with Crippen molar-refractivity contribution in [3.63, 3.8) is 0 Å². The Morgan fingerprint density at radius 1 is 1.04 bits per heavy atom. The normalized spacial score (nSPS) is 19.4.